The van der Waals surface area contributed by atoms with Gasteiger partial charge in [-0.2, -0.15) is 13.2 Å². The number of urea groups is 1. The van der Waals surface area contributed by atoms with E-state index in [1.165, 1.54) is 0 Å². The van der Waals surface area contributed by atoms with Crippen LogP contribution in [-0.2, 0) is 6.18 Å². The van der Waals surface area contributed by atoms with Crippen LogP contribution in [0.5, 0.6) is 17.2 Å². The fourth-order valence-corrected chi connectivity index (χ4v) is 3.27. The smallest absolute Gasteiger partial charge is 0.420 e. The lowest BCUT2D eigenvalue weighted by Crippen LogP contribution is -2.23. The summed E-state index contributed by atoms with van der Waals surface area (Å²) in [4.78, 5) is 19.5. The van der Waals surface area contributed by atoms with Gasteiger partial charge in [-0.3, -0.25) is 0 Å². The molecule has 3 N–H and O–H groups in total. The van der Waals surface area contributed by atoms with Gasteiger partial charge < -0.3 is 25.1 Å². The second-order valence-electron chi connectivity index (χ2n) is 7.51. The fourth-order valence-electron chi connectivity index (χ4n) is 3.27. The molecule has 12 heteroatoms. The molecule has 0 fully saturated rings. The summed E-state index contributed by atoms with van der Waals surface area (Å²) < 4.78 is 76.3. The van der Waals surface area contributed by atoms with E-state index in [9.17, 15) is 26.7 Å². The number of amides is 2. The molecule has 2 amide bonds. The average molecular weight is 506 g/mol. The van der Waals surface area contributed by atoms with E-state index in [0.29, 0.717) is 28.9 Å². The Labute approximate surface area is 201 Å². The van der Waals surface area contributed by atoms with E-state index < -0.39 is 43.0 Å². The average Bonchev–Trinajstić information content (AvgIpc) is 3.34. The van der Waals surface area contributed by atoms with Crippen LogP contribution in [0.1, 0.15) is 5.56 Å². The number of alkyl halides is 5. The Morgan fingerprint density at radius 3 is 2.33 bits per heavy atom. The number of hydrogen-bond donors (Lipinski definition) is 3. The van der Waals surface area contributed by atoms with Gasteiger partial charge in [-0.1, -0.05) is 0 Å². The summed E-state index contributed by atoms with van der Waals surface area (Å²) in [7, 11) is 0. The molecular weight excluding hydrogens is 487 g/mol. The molecule has 4 rings (SSSR count). The highest BCUT2D eigenvalue weighted by atomic mass is 19.4. The van der Waals surface area contributed by atoms with E-state index >= 15 is 0 Å². The standard InChI is InChI=1S/C24H19F5N4O3/c25-12-17(13-26)36-21-6-3-15(11-19(21)24(27,28)29)33-23(34)32-14-1-4-16(5-2-14)35-20-8-10-31-22-18(20)7-9-30-22/h1-11,17H,12-13H2,(H,30,31)(H2,32,33,34). The predicted molar refractivity (Wildman–Crippen MR) is 123 cm³/mol. The Morgan fingerprint density at radius 1 is 0.944 bits per heavy atom. The maximum Gasteiger partial charge on any atom is 0.420 e. The van der Waals surface area contributed by atoms with Crippen molar-refractivity contribution in [3.8, 4) is 17.2 Å². The molecule has 0 aliphatic rings. The third-order valence-electron chi connectivity index (χ3n) is 4.94. The van der Waals surface area contributed by atoms with Gasteiger partial charge in [0.1, 0.15) is 36.2 Å². The van der Waals surface area contributed by atoms with Gasteiger partial charge in [0.05, 0.1) is 10.9 Å². The van der Waals surface area contributed by atoms with Gasteiger partial charge >= 0.3 is 12.2 Å². The Morgan fingerprint density at radius 2 is 1.64 bits per heavy atom. The Bertz CT molecular complexity index is 1340. The molecule has 36 heavy (non-hydrogen) atoms. The topological polar surface area (TPSA) is 88.3 Å². The third-order valence-corrected chi connectivity index (χ3v) is 4.94. The second-order valence-corrected chi connectivity index (χ2v) is 7.51. The number of nitrogens with zero attached hydrogens (tertiary/aromatic N) is 1. The molecule has 0 saturated heterocycles. The van der Waals surface area contributed by atoms with Crippen molar-refractivity contribution < 1.29 is 36.2 Å². The number of anilines is 2. The fraction of sp³-hybridized carbons (Fsp3) is 0.167. The molecule has 0 bridgehead atoms. The molecule has 0 unspecified atom stereocenters. The van der Waals surface area contributed by atoms with E-state index in [-0.39, 0.29) is 5.69 Å². The van der Waals surface area contributed by atoms with Gasteiger partial charge in [-0.25, -0.2) is 18.6 Å². The summed E-state index contributed by atoms with van der Waals surface area (Å²) in [6.07, 6.45) is -3.21. The summed E-state index contributed by atoms with van der Waals surface area (Å²) in [6, 6.07) is 11.7. The molecule has 0 aliphatic carbocycles. The monoisotopic (exact) mass is 506 g/mol. The molecule has 0 aliphatic heterocycles. The largest absolute Gasteiger partial charge is 0.484 e. The number of nitrogens with one attached hydrogen (secondary N) is 3. The molecule has 4 aromatic rings. The van der Waals surface area contributed by atoms with Gasteiger partial charge in [0.25, 0.3) is 0 Å². The minimum Gasteiger partial charge on any atom is -0.484 e. The van der Waals surface area contributed by atoms with Crippen LogP contribution >= 0.6 is 0 Å². The zero-order valence-corrected chi connectivity index (χ0v) is 18.4. The number of aromatic nitrogens is 2. The molecule has 2 aromatic heterocycles. The molecule has 0 saturated carbocycles. The van der Waals surface area contributed by atoms with E-state index in [1.54, 1.807) is 42.7 Å². The highest BCUT2D eigenvalue weighted by molar-refractivity contribution is 5.99. The molecule has 2 aromatic carbocycles. The highest BCUT2D eigenvalue weighted by Crippen LogP contribution is 2.38. The van der Waals surface area contributed by atoms with Gasteiger partial charge in [-0.15, -0.1) is 0 Å². The van der Waals surface area contributed by atoms with Crippen LogP contribution in [0.4, 0.5) is 38.1 Å². The van der Waals surface area contributed by atoms with Crippen LogP contribution in [0.2, 0.25) is 0 Å². The van der Waals surface area contributed by atoms with Crippen molar-refractivity contribution in [2.24, 2.45) is 0 Å². The van der Waals surface area contributed by atoms with E-state index in [1.807, 2.05) is 6.07 Å². The van der Waals surface area contributed by atoms with Crippen molar-refractivity contribution in [3.63, 3.8) is 0 Å². The zero-order valence-electron chi connectivity index (χ0n) is 18.4. The van der Waals surface area contributed by atoms with Crippen molar-refractivity contribution in [2.75, 3.05) is 24.0 Å². The number of halogens is 5. The first-order valence-corrected chi connectivity index (χ1v) is 10.5. The summed E-state index contributed by atoms with van der Waals surface area (Å²) >= 11 is 0. The lowest BCUT2D eigenvalue weighted by molar-refractivity contribution is -0.139. The molecule has 0 spiro atoms. The van der Waals surface area contributed by atoms with Gasteiger partial charge in [0.2, 0.25) is 0 Å². The van der Waals surface area contributed by atoms with Gasteiger partial charge in [0.15, 0.2) is 6.10 Å². The van der Waals surface area contributed by atoms with E-state index in [2.05, 4.69) is 20.6 Å². The lowest BCUT2D eigenvalue weighted by Gasteiger charge is -2.19. The van der Waals surface area contributed by atoms with Crippen LogP contribution in [-0.4, -0.2) is 35.5 Å². The van der Waals surface area contributed by atoms with Crippen LogP contribution in [0, 0.1) is 0 Å². The first kappa shape index (κ1) is 24.8. The number of aromatic amines is 1. The SMILES string of the molecule is O=C(Nc1ccc(Oc2ccnc3[nH]ccc23)cc1)Nc1ccc(OC(CF)CF)c(C(F)(F)F)c1. The molecular formula is C24H19F5N4O3. The number of fused-ring (bicyclic) bond motifs is 1. The van der Waals surface area contributed by atoms with Crippen LogP contribution in [0.3, 0.4) is 0 Å². The number of pyridine rings is 1. The van der Waals surface area contributed by atoms with Crippen molar-refractivity contribution in [1.29, 1.82) is 0 Å². The van der Waals surface area contributed by atoms with Crippen LogP contribution < -0.4 is 20.1 Å². The number of carbonyl (C=O) groups is 1. The number of hydrogen-bond acceptors (Lipinski definition) is 4. The molecule has 2 heterocycles. The summed E-state index contributed by atoms with van der Waals surface area (Å²) in [6.45, 7) is -2.59. The van der Waals surface area contributed by atoms with Crippen molar-refractivity contribution in [2.45, 2.75) is 12.3 Å². The lowest BCUT2D eigenvalue weighted by atomic mass is 10.1. The second kappa shape index (κ2) is 10.5. The van der Waals surface area contributed by atoms with Gasteiger partial charge in [-0.05, 0) is 54.6 Å². The Kier molecular flexibility index (Phi) is 7.23. The third kappa shape index (κ3) is 5.82. The minimum atomic E-state index is -4.88. The van der Waals surface area contributed by atoms with Crippen molar-refractivity contribution in [1.82, 2.24) is 9.97 Å². The molecule has 188 valence electrons. The number of rotatable bonds is 8. The van der Waals surface area contributed by atoms with Crippen molar-refractivity contribution in [3.05, 3.63) is 72.6 Å². The van der Waals surface area contributed by atoms with Crippen LogP contribution in [0.25, 0.3) is 11.0 Å². The Hall–Kier alpha value is -4.35. The predicted octanol–water partition coefficient (Wildman–Crippen LogP) is 6.70. The number of H-pyrrole nitrogens is 1. The molecule has 0 atom stereocenters. The summed E-state index contributed by atoms with van der Waals surface area (Å²) in [5, 5.41) is 5.58. The first-order valence-electron chi connectivity index (χ1n) is 10.5. The highest BCUT2D eigenvalue weighted by Gasteiger charge is 2.35. The maximum atomic E-state index is 13.4. The Balaban J connectivity index is 1.41. The summed E-state index contributed by atoms with van der Waals surface area (Å²) in [5.41, 5.74) is -0.454. The number of ether oxygens (including phenoxy) is 2. The van der Waals surface area contributed by atoms with E-state index in [0.717, 1.165) is 17.5 Å². The normalized spacial score (nSPS) is 11.5. The first-order chi connectivity index (χ1) is 17.3. The van der Waals surface area contributed by atoms with Crippen molar-refractivity contribution >= 4 is 28.4 Å². The number of carbonyl (C=O) groups excluding carboxylic acids is 1. The quantitative estimate of drug-likeness (QED) is 0.232. The van der Waals surface area contributed by atoms with E-state index in [4.69, 9.17) is 9.47 Å². The molecule has 0 radical (unpaired) electrons. The minimum absolute atomic E-state index is 0.197. The molecule has 7 nitrogen and oxygen atoms in total. The summed E-state index contributed by atoms with van der Waals surface area (Å²) in [5.74, 6) is 0.326. The number of benzene rings is 2. The maximum absolute atomic E-state index is 13.4. The zero-order chi connectivity index (χ0) is 25.7. The van der Waals surface area contributed by atoms with Gasteiger partial charge in [0, 0.05) is 23.8 Å². The van der Waals surface area contributed by atoms with Crippen LogP contribution in [0.15, 0.2) is 67.0 Å².